The molecule has 2 amide bonds. The molecule has 1 aromatic carbocycles. The third-order valence-corrected chi connectivity index (χ3v) is 5.56. The molecule has 0 aliphatic carbocycles. The maximum Gasteiger partial charge on any atom is 0.289 e. The minimum atomic E-state index is -0.197. The van der Waals surface area contributed by atoms with Crippen molar-refractivity contribution in [1.82, 2.24) is 19.8 Å². The zero-order valence-corrected chi connectivity index (χ0v) is 15.8. The molecule has 6 nitrogen and oxygen atoms in total. The molecule has 1 aromatic heterocycles. The first-order valence-corrected chi connectivity index (χ1v) is 9.89. The van der Waals surface area contributed by atoms with Crippen LogP contribution in [0.2, 0.25) is 0 Å². The predicted octanol–water partition coefficient (Wildman–Crippen LogP) is 2.95. The standard InChI is InChI=1S/C21H26N4O2/c1-15(16-9-3-2-4-10-16)22-20(26)18-17-11-5-6-14-25(17)19(23-18)21(27)24-12-7-8-13-24/h2-4,9-10,15H,5-8,11-14H2,1H3,(H,22,26). The van der Waals surface area contributed by atoms with Crippen molar-refractivity contribution in [1.29, 1.82) is 0 Å². The Morgan fingerprint density at radius 2 is 1.74 bits per heavy atom. The van der Waals surface area contributed by atoms with E-state index in [4.69, 9.17) is 0 Å². The number of fused-ring (bicyclic) bond motifs is 1. The number of aromatic nitrogens is 2. The Hall–Kier alpha value is -2.63. The van der Waals surface area contributed by atoms with Gasteiger partial charge in [-0.2, -0.15) is 0 Å². The Kier molecular flexibility index (Phi) is 4.97. The van der Waals surface area contributed by atoms with Crippen molar-refractivity contribution in [2.24, 2.45) is 0 Å². The average molecular weight is 366 g/mol. The van der Waals surface area contributed by atoms with Crippen molar-refractivity contribution >= 4 is 11.8 Å². The van der Waals surface area contributed by atoms with E-state index in [0.717, 1.165) is 63.0 Å². The van der Waals surface area contributed by atoms with Gasteiger partial charge in [0.15, 0.2) is 5.82 Å². The Morgan fingerprint density at radius 3 is 2.48 bits per heavy atom. The highest BCUT2D eigenvalue weighted by molar-refractivity contribution is 5.97. The van der Waals surface area contributed by atoms with E-state index in [2.05, 4.69) is 10.3 Å². The number of imidazole rings is 1. The van der Waals surface area contributed by atoms with Crippen LogP contribution < -0.4 is 5.32 Å². The fraction of sp³-hybridized carbons (Fsp3) is 0.476. The van der Waals surface area contributed by atoms with E-state index in [1.54, 1.807) is 0 Å². The van der Waals surface area contributed by atoms with Gasteiger partial charge in [0.05, 0.1) is 11.7 Å². The van der Waals surface area contributed by atoms with E-state index in [1.807, 2.05) is 46.7 Å². The molecule has 0 radical (unpaired) electrons. The summed E-state index contributed by atoms with van der Waals surface area (Å²) in [5.74, 6) is 0.201. The van der Waals surface area contributed by atoms with Crippen molar-refractivity contribution in [2.75, 3.05) is 13.1 Å². The molecule has 1 unspecified atom stereocenters. The molecular formula is C21H26N4O2. The lowest BCUT2D eigenvalue weighted by atomic mass is 10.1. The molecule has 0 saturated carbocycles. The highest BCUT2D eigenvalue weighted by Gasteiger charge is 2.31. The average Bonchev–Trinajstić information content (AvgIpc) is 3.36. The Morgan fingerprint density at radius 1 is 1.04 bits per heavy atom. The smallest absolute Gasteiger partial charge is 0.289 e. The van der Waals surface area contributed by atoms with Crippen LogP contribution >= 0.6 is 0 Å². The first-order chi connectivity index (χ1) is 13.1. The minimum absolute atomic E-state index is 0.0363. The quantitative estimate of drug-likeness (QED) is 0.905. The van der Waals surface area contributed by atoms with Gasteiger partial charge in [-0.3, -0.25) is 9.59 Å². The van der Waals surface area contributed by atoms with E-state index >= 15 is 0 Å². The van der Waals surface area contributed by atoms with Crippen LogP contribution in [0.4, 0.5) is 0 Å². The van der Waals surface area contributed by atoms with Crippen LogP contribution in [0.15, 0.2) is 30.3 Å². The van der Waals surface area contributed by atoms with Crippen LogP contribution in [0.3, 0.4) is 0 Å². The topological polar surface area (TPSA) is 67.2 Å². The summed E-state index contributed by atoms with van der Waals surface area (Å²) in [5, 5.41) is 3.04. The van der Waals surface area contributed by atoms with Crippen molar-refractivity contribution < 1.29 is 9.59 Å². The number of amides is 2. The number of nitrogens with zero attached hydrogens (tertiary/aromatic N) is 3. The van der Waals surface area contributed by atoms with E-state index in [9.17, 15) is 9.59 Å². The van der Waals surface area contributed by atoms with Crippen LogP contribution in [0, 0.1) is 0 Å². The molecule has 1 N–H and O–H groups in total. The van der Waals surface area contributed by atoms with Crippen molar-refractivity contribution in [2.45, 2.75) is 51.6 Å². The first kappa shape index (κ1) is 17.8. The van der Waals surface area contributed by atoms with Gasteiger partial charge < -0.3 is 14.8 Å². The van der Waals surface area contributed by atoms with Gasteiger partial charge in [0, 0.05) is 19.6 Å². The molecular weight excluding hydrogens is 340 g/mol. The summed E-state index contributed by atoms with van der Waals surface area (Å²) >= 11 is 0. The SMILES string of the molecule is CC(NC(=O)c1nc(C(=O)N2CCCC2)n2c1CCCC2)c1ccccc1. The van der Waals surface area contributed by atoms with Gasteiger partial charge in [0.2, 0.25) is 0 Å². The molecule has 1 fully saturated rings. The Bertz CT molecular complexity index is 837. The van der Waals surface area contributed by atoms with Crippen LogP contribution in [0.5, 0.6) is 0 Å². The van der Waals surface area contributed by atoms with E-state index in [0.29, 0.717) is 11.5 Å². The second kappa shape index (κ2) is 7.55. The molecule has 6 heteroatoms. The summed E-state index contributed by atoms with van der Waals surface area (Å²) in [7, 11) is 0. The molecule has 0 spiro atoms. The third-order valence-electron chi connectivity index (χ3n) is 5.56. The van der Waals surface area contributed by atoms with E-state index in [-0.39, 0.29) is 17.9 Å². The molecule has 3 heterocycles. The lowest BCUT2D eigenvalue weighted by Gasteiger charge is -2.20. The van der Waals surface area contributed by atoms with E-state index in [1.165, 1.54) is 0 Å². The molecule has 2 aromatic rings. The van der Waals surface area contributed by atoms with Gasteiger partial charge >= 0.3 is 0 Å². The zero-order chi connectivity index (χ0) is 18.8. The molecule has 27 heavy (non-hydrogen) atoms. The number of nitrogens with one attached hydrogen (secondary N) is 1. The summed E-state index contributed by atoms with van der Waals surface area (Å²) in [6, 6.07) is 9.76. The number of carbonyl (C=O) groups excluding carboxylic acids is 2. The second-order valence-corrected chi connectivity index (χ2v) is 7.44. The fourth-order valence-corrected chi connectivity index (χ4v) is 4.04. The van der Waals surface area contributed by atoms with E-state index < -0.39 is 0 Å². The number of hydrogen-bond donors (Lipinski definition) is 1. The van der Waals surface area contributed by atoms with Crippen LogP contribution in [-0.4, -0.2) is 39.4 Å². The number of likely N-dealkylation sites (tertiary alicyclic amines) is 1. The number of hydrogen-bond acceptors (Lipinski definition) is 3. The predicted molar refractivity (Wildman–Crippen MR) is 103 cm³/mol. The van der Waals surface area contributed by atoms with Gasteiger partial charge in [-0.15, -0.1) is 0 Å². The summed E-state index contributed by atoms with van der Waals surface area (Å²) in [5.41, 5.74) is 2.37. The maximum absolute atomic E-state index is 12.9. The largest absolute Gasteiger partial charge is 0.344 e. The second-order valence-electron chi connectivity index (χ2n) is 7.44. The van der Waals surface area contributed by atoms with Crippen LogP contribution in [-0.2, 0) is 13.0 Å². The lowest BCUT2D eigenvalue weighted by molar-refractivity contribution is 0.0774. The number of carbonyl (C=O) groups is 2. The fourth-order valence-electron chi connectivity index (χ4n) is 4.04. The molecule has 4 rings (SSSR count). The number of rotatable bonds is 4. The maximum atomic E-state index is 12.9. The normalized spacial score (nSPS) is 17.4. The van der Waals surface area contributed by atoms with Crippen molar-refractivity contribution in [3.8, 4) is 0 Å². The highest BCUT2D eigenvalue weighted by Crippen LogP contribution is 2.24. The van der Waals surface area contributed by atoms with Crippen LogP contribution in [0.1, 0.15) is 71.0 Å². The molecule has 142 valence electrons. The molecule has 2 aliphatic rings. The zero-order valence-electron chi connectivity index (χ0n) is 15.8. The van der Waals surface area contributed by atoms with Crippen LogP contribution in [0.25, 0.3) is 0 Å². The lowest BCUT2D eigenvalue weighted by Crippen LogP contribution is -2.31. The summed E-state index contributed by atoms with van der Waals surface area (Å²) in [4.78, 5) is 32.3. The van der Waals surface area contributed by atoms with Gasteiger partial charge in [0.1, 0.15) is 5.69 Å². The third kappa shape index (κ3) is 3.48. The number of benzene rings is 1. The van der Waals surface area contributed by atoms with Gasteiger partial charge in [-0.05, 0) is 44.6 Å². The first-order valence-electron chi connectivity index (χ1n) is 9.89. The van der Waals surface area contributed by atoms with Gasteiger partial charge in [0.25, 0.3) is 11.8 Å². The summed E-state index contributed by atoms with van der Waals surface area (Å²) < 4.78 is 1.98. The molecule has 0 bridgehead atoms. The molecule has 1 saturated heterocycles. The minimum Gasteiger partial charge on any atom is -0.344 e. The monoisotopic (exact) mass is 366 g/mol. The summed E-state index contributed by atoms with van der Waals surface area (Å²) in [6.45, 7) is 4.30. The molecule has 2 aliphatic heterocycles. The molecule has 1 atom stereocenters. The Labute approximate surface area is 159 Å². The van der Waals surface area contributed by atoms with Gasteiger partial charge in [-0.1, -0.05) is 30.3 Å². The van der Waals surface area contributed by atoms with Crippen molar-refractivity contribution in [3.63, 3.8) is 0 Å². The highest BCUT2D eigenvalue weighted by atomic mass is 16.2. The summed E-state index contributed by atoms with van der Waals surface area (Å²) in [6.07, 6.45) is 4.92. The van der Waals surface area contributed by atoms with Crippen molar-refractivity contribution in [3.05, 3.63) is 53.1 Å². The Balaban J connectivity index is 1.60. The van der Waals surface area contributed by atoms with Gasteiger partial charge in [-0.25, -0.2) is 4.98 Å².